The maximum atomic E-state index is 13.8. The standard InChI is InChI=1S/C22H26F2N2O2S/c1-14(2)20(26-21(27)19-17(23)5-4-6-18(19)24)22(28)25-11-12-29-13-16-9-7-15(3)8-10-16/h4-10,14,20H,11-13H2,1-3H3,(H,25,28)(H,26,27)/t20-/m0/s1. The molecule has 1 atom stereocenters. The minimum Gasteiger partial charge on any atom is -0.353 e. The molecule has 0 heterocycles. The lowest BCUT2D eigenvalue weighted by Crippen LogP contribution is -2.50. The first-order valence-electron chi connectivity index (χ1n) is 9.45. The fourth-order valence-corrected chi connectivity index (χ4v) is 3.51. The highest BCUT2D eigenvalue weighted by atomic mass is 32.2. The van der Waals surface area contributed by atoms with Crippen LogP contribution in [-0.2, 0) is 10.5 Å². The molecule has 2 aromatic rings. The highest BCUT2D eigenvalue weighted by Gasteiger charge is 2.27. The van der Waals surface area contributed by atoms with Crippen molar-refractivity contribution in [3.05, 3.63) is 70.8 Å². The Morgan fingerprint density at radius 2 is 1.66 bits per heavy atom. The van der Waals surface area contributed by atoms with Crippen LogP contribution in [-0.4, -0.2) is 30.2 Å². The number of rotatable bonds is 9. The second-order valence-corrected chi connectivity index (χ2v) is 8.23. The van der Waals surface area contributed by atoms with Crippen molar-refractivity contribution < 1.29 is 18.4 Å². The maximum Gasteiger partial charge on any atom is 0.257 e. The van der Waals surface area contributed by atoms with Crippen molar-refractivity contribution >= 4 is 23.6 Å². The molecule has 2 rings (SSSR count). The van der Waals surface area contributed by atoms with E-state index in [1.54, 1.807) is 25.6 Å². The first-order valence-corrected chi connectivity index (χ1v) is 10.6. The number of amides is 2. The lowest BCUT2D eigenvalue weighted by Gasteiger charge is -2.22. The first-order chi connectivity index (χ1) is 13.8. The molecular weight excluding hydrogens is 394 g/mol. The maximum absolute atomic E-state index is 13.8. The Kier molecular flexibility index (Phi) is 8.64. The van der Waals surface area contributed by atoms with E-state index in [1.807, 2.05) is 6.92 Å². The summed E-state index contributed by atoms with van der Waals surface area (Å²) in [6, 6.07) is 10.6. The molecule has 7 heteroatoms. The van der Waals surface area contributed by atoms with Gasteiger partial charge in [-0.2, -0.15) is 11.8 Å². The van der Waals surface area contributed by atoms with E-state index in [0.29, 0.717) is 12.3 Å². The average Bonchev–Trinajstić information content (AvgIpc) is 2.66. The molecule has 0 aromatic heterocycles. The Labute approximate surface area is 174 Å². The van der Waals surface area contributed by atoms with Gasteiger partial charge in [0.05, 0.1) is 0 Å². The van der Waals surface area contributed by atoms with Crippen molar-refractivity contribution in [1.82, 2.24) is 10.6 Å². The second kappa shape index (κ2) is 11.0. The number of carbonyl (C=O) groups is 2. The second-order valence-electron chi connectivity index (χ2n) is 7.12. The van der Waals surface area contributed by atoms with Crippen LogP contribution in [0.4, 0.5) is 8.78 Å². The quantitative estimate of drug-likeness (QED) is 0.601. The van der Waals surface area contributed by atoms with Crippen molar-refractivity contribution in [3.63, 3.8) is 0 Å². The SMILES string of the molecule is Cc1ccc(CSCCNC(=O)[C@@H](NC(=O)c2c(F)cccc2F)C(C)C)cc1. The largest absolute Gasteiger partial charge is 0.353 e. The molecule has 29 heavy (non-hydrogen) atoms. The topological polar surface area (TPSA) is 58.2 Å². The zero-order chi connectivity index (χ0) is 21.4. The Bertz CT molecular complexity index is 821. The lowest BCUT2D eigenvalue weighted by molar-refractivity contribution is -0.123. The molecule has 0 aliphatic heterocycles. The summed E-state index contributed by atoms with van der Waals surface area (Å²) in [4.78, 5) is 24.8. The van der Waals surface area contributed by atoms with Gasteiger partial charge < -0.3 is 10.6 Å². The van der Waals surface area contributed by atoms with Crippen molar-refractivity contribution in [2.45, 2.75) is 32.6 Å². The summed E-state index contributed by atoms with van der Waals surface area (Å²) in [7, 11) is 0. The van der Waals surface area contributed by atoms with Gasteiger partial charge in [-0.3, -0.25) is 9.59 Å². The highest BCUT2D eigenvalue weighted by Crippen LogP contribution is 2.14. The van der Waals surface area contributed by atoms with Crippen LogP contribution in [0.15, 0.2) is 42.5 Å². The van der Waals surface area contributed by atoms with Gasteiger partial charge in [-0.05, 0) is 30.5 Å². The van der Waals surface area contributed by atoms with Gasteiger partial charge in [-0.1, -0.05) is 49.7 Å². The molecule has 2 N–H and O–H groups in total. The zero-order valence-electron chi connectivity index (χ0n) is 16.8. The third kappa shape index (κ3) is 6.85. The van der Waals surface area contributed by atoms with E-state index in [9.17, 15) is 18.4 Å². The minimum atomic E-state index is -0.960. The summed E-state index contributed by atoms with van der Waals surface area (Å²) in [6.07, 6.45) is 0. The molecular formula is C22H26F2N2O2S. The minimum absolute atomic E-state index is 0.242. The third-order valence-electron chi connectivity index (χ3n) is 4.36. The molecule has 0 unspecified atom stereocenters. The van der Waals surface area contributed by atoms with Gasteiger partial charge >= 0.3 is 0 Å². The molecule has 4 nitrogen and oxygen atoms in total. The molecule has 156 valence electrons. The molecule has 0 saturated carbocycles. The first kappa shape index (κ1) is 22.9. The van der Waals surface area contributed by atoms with E-state index in [1.165, 1.54) is 17.2 Å². The highest BCUT2D eigenvalue weighted by molar-refractivity contribution is 7.98. The van der Waals surface area contributed by atoms with Crippen LogP contribution >= 0.6 is 11.8 Å². The Hall–Kier alpha value is -2.41. The Morgan fingerprint density at radius 1 is 1.03 bits per heavy atom. The fourth-order valence-electron chi connectivity index (χ4n) is 2.69. The van der Waals surface area contributed by atoms with Gasteiger partial charge in [0.25, 0.3) is 5.91 Å². The smallest absolute Gasteiger partial charge is 0.257 e. The summed E-state index contributed by atoms with van der Waals surface area (Å²) in [6.45, 7) is 5.99. The molecule has 2 aromatic carbocycles. The van der Waals surface area contributed by atoms with E-state index in [2.05, 4.69) is 34.9 Å². The lowest BCUT2D eigenvalue weighted by atomic mass is 10.0. The Balaban J connectivity index is 1.84. The van der Waals surface area contributed by atoms with Crippen LogP contribution in [0, 0.1) is 24.5 Å². The molecule has 0 aliphatic rings. The number of hydrogen-bond donors (Lipinski definition) is 2. The van der Waals surface area contributed by atoms with Crippen molar-refractivity contribution in [3.8, 4) is 0 Å². The molecule has 0 bridgehead atoms. The van der Waals surface area contributed by atoms with Crippen molar-refractivity contribution in [1.29, 1.82) is 0 Å². The number of hydrogen-bond acceptors (Lipinski definition) is 3. The van der Waals surface area contributed by atoms with E-state index < -0.39 is 29.1 Å². The van der Waals surface area contributed by atoms with Gasteiger partial charge in [0.15, 0.2) is 0 Å². The monoisotopic (exact) mass is 420 g/mol. The number of halogens is 2. The van der Waals surface area contributed by atoms with E-state index >= 15 is 0 Å². The molecule has 0 fully saturated rings. The zero-order valence-corrected chi connectivity index (χ0v) is 17.6. The van der Waals surface area contributed by atoms with E-state index in [0.717, 1.165) is 17.9 Å². The van der Waals surface area contributed by atoms with Crippen LogP contribution in [0.2, 0.25) is 0 Å². The van der Waals surface area contributed by atoms with Crippen LogP contribution in [0.5, 0.6) is 0 Å². The molecule has 2 amide bonds. The number of thioether (sulfide) groups is 1. The Morgan fingerprint density at radius 3 is 2.24 bits per heavy atom. The molecule has 0 spiro atoms. The summed E-state index contributed by atoms with van der Waals surface area (Å²) in [5.41, 5.74) is 1.74. The van der Waals surface area contributed by atoms with Crippen LogP contribution in [0.1, 0.15) is 35.3 Å². The number of nitrogens with one attached hydrogen (secondary N) is 2. The number of aryl methyl sites for hydroxylation is 1. The summed E-state index contributed by atoms with van der Waals surface area (Å²) in [5, 5.41) is 5.23. The predicted octanol–water partition coefficient (Wildman–Crippen LogP) is 4.08. The molecule has 0 radical (unpaired) electrons. The normalized spacial score (nSPS) is 11.9. The van der Waals surface area contributed by atoms with E-state index in [-0.39, 0.29) is 11.8 Å². The van der Waals surface area contributed by atoms with E-state index in [4.69, 9.17) is 0 Å². The van der Waals surface area contributed by atoms with Crippen molar-refractivity contribution in [2.75, 3.05) is 12.3 Å². The summed E-state index contributed by atoms with van der Waals surface area (Å²) >= 11 is 1.69. The van der Waals surface area contributed by atoms with Gasteiger partial charge in [0.1, 0.15) is 23.2 Å². The summed E-state index contributed by atoms with van der Waals surface area (Å²) < 4.78 is 27.6. The van der Waals surface area contributed by atoms with Crippen LogP contribution in [0.25, 0.3) is 0 Å². The number of carbonyl (C=O) groups excluding carboxylic acids is 2. The van der Waals surface area contributed by atoms with Gasteiger partial charge in [0, 0.05) is 18.1 Å². The molecule has 0 aliphatic carbocycles. The molecule has 0 saturated heterocycles. The number of benzene rings is 2. The van der Waals surface area contributed by atoms with Crippen LogP contribution in [0.3, 0.4) is 0 Å². The fraction of sp³-hybridized carbons (Fsp3) is 0.364. The average molecular weight is 421 g/mol. The summed E-state index contributed by atoms with van der Waals surface area (Å²) in [5.74, 6) is -1.93. The van der Waals surface area contributed by atoms with Gasteiger partial charge in [-0.25, -0.2) is 8.78 Å². The third-order valence-corrected chi connectivity index (χ3v) is 5.39. The predicted molar refractivity (Wildman–Crippen MR) is 113 cm³/mol. The van der Waals surface area contributed by atoms with Crippen molar-refractivity contribution in [2.24, 2.45) is 5.92 Å². The van der Waals surface area contributed by atoms with Crippen LogP contribution < -0.4 is 10.6 Å². The van der Waals surface area contributed by atoms with Gasteiger partial charge in [-0.15, -0.1) is 0 Å². The van der Waals surface area contributed by atoms with Gasteiger partial charge in [0.2, 0.25) is 5.91 Å².